The highest BCUT2D eigenvalue weighted by Crippen LogP contribution is 2.36. The Bertz CT molecular complexity index is 1030. The molecule has 1 aromatic carbocycles. The van der Waals surface area contributed by atoms with Gasteiger partial charge in [0.25, 0.3) is 0 Å². The number of allylic oxidation sites excluding steroid dienone is 2. The fraction of sp³-hybridized carbons (Fsp3) is 0.571. The summed E-state index contributed by atoms with van der Waals surface area (Å²) in [6, 6.07) is 1.32. The lowest BCUT2D eigenvalue weighted by molar-refractivity contribution is -0.143. The molecule has 218 valence electrons. The molecule has 0 atom stereocenters. The Hall–Kier alpha value is -2.98. The van der Waals surface area contributed by atoms with Crippen LogP contribution in [-0.4, -0.2) is 48.5 Å². The number of amidine groups is 1. The van der Waals surface area contributed by atoms with Gasteiger partial charge in [-0.15, -0.1) is 0 Å². The molecule has 1 amide bonds. The number of halogens is 6. The number of amides is 1. The highest BCUT2D eigenvalue weighted by Gasteiger charge is 2.37. The summed E-state index contributed by atoms with van der Waals surface area (Å²) >= 11 is 0. The molecular formula is C28H37F6N3O2. The van der Waals surface area contributed by atoms with Crippen molar-refractivity contribution in [2.24, 2.45) is 10.9 Å². The van der Waals surface area contributed by atoms with Crippen LogP contribution in [0.5, 0.6) is 0 Å². The van der Waals surface area contributed by atoms with E-state index in [0.29, 0.717) is 36.0 Å². The van der Waals surface area contributed by atoms with Gasteiger partial charge in [0.1, 0.15) is 5.84 Å². The molecule has 0 N–H and O–H groups in total. The van der Waals surface area contributed by atoms with Crippen molar-refractivity contribution in [1.82, 2.24) is 9.80 Å². The number of aliphatic imine (C=N–C) groups is 1. The van der Waals surface area contributed by atoms with Crippen LogP contribution in [0.3, 0.4) is 0 Å². The predicted molar refractivity (Wildman–Crippen MR) is 139 cm³/mol. The van der Waals surface area contributed by atoms with E-state index in [1.807, 2.05) is 27.7 Å². The number of nitrogens with zero attached hydrogens (tertiary/aromatic N) is 3. The van der Waals surface area contributed by atoms with Gasteiger partial charge in [-0.25, -0.2) is 9.79 Å². The van der Waals surface area contributed by atoms with Crippen LogP contribution in [0.1, 0.15) is 70.1 Å². The molecule has 5 nitrogen and oxygen atoms in total. The van der Waals surface area contributed by atoms with Crippen molar-refractivity contribution in [1.29, 1.82) is 0 Å². The summed E-state index contributed by atoms with van der Waals surface area (Å²) in [5.41, 5.74) is -1.76. The third-order valence-electron chi connectivity index (χ3n) is 6.66. The van der Waals surface area contributed by atoms with Gasteiger partial charge in [0.05, 0.1) is 24.8 Å². The molecule has 1 saturated carbocycles. The van der Waals surface area contributed by atoms with E-state index in [0.717, 1.165) is 49.8 Å². The molecule has 1 fully saturated rings. The van der Waals surface area contributed by atoms with Crippen LogP contribution in [0.2, 0.25) is 0 Å². The van der Waals surface area contributed by atoms with Gasteiger partial charge in [-0.05, 0) is 70.2 Å². The first kappa shape index (κ1) is 32.2. The molecule has 1 aliphatic carbocycles. The average molecular weight is 562 g/mol. The monoisotopic (exact) mass is 561 g/mol. The van der Waals surface area contributed by atoms with Crippen molar-refractivity contribution in [2.75, 3.05) is 26.7 Å². The molecule has 1 aliphatic rings. The summed E-state index contributed by atoms with van der Waals surface area (Å²) in [4.78, 5) is 20.6. The zero-order chi connectivity index (χ0) is 29.4. The van der Waals surface area contributed by atoms with Crippen LogP contribution < -0.4 is 0 Å². The SMILES string of the molecule is C/C=C\N=C(/C(CN(Cc1cc(C(F)(F)F)cc(C(F)(F)F)c1)C(=O)OC)=C(C)C)N(CC)CC1CCCC1. The quantitative estimate of drug-likeness (QED) is 0.174. The van der Waals surface area contributed by atoms with Gasteiger partial charge in [-0.1, -0.05) is 24.5 Å². The first-order valence-electron chi connectivity index (χ1n) is 12.9. The maximum absolute atomic E-state index is 13.4. The highest BCUT2D eigenvalue weighted by molar-refractivity contribution is 6.00. The highest BCUT2D eigenvalue weighted by atomic mass is 19.4. The first-order valence-corrected chi connectivity index (χ1v) is 12.9. The van der Waals surface area contributed by atoms with E-state index in [9.17, 15) is 31.1 Å². The number of benzene rings is 1. The Morgan fingerprint density at radius 3 is 2.03 bits per heavy atom. The van der Waals surface area contributed by atoms with Gasteiger partial charge >= 0.3 is 18.4 Å². The smallest absolute Gasteiger partial charge is 0.416 e. The molecule has 0 bridgehead atoms. The number of hydrogen-bond donors (Lipinski definition) is 0. The van der Waals surface area contributed by atoms with E-state index in [4.69, 9.17) is 4.74 Å². The minimum absolute atomic E-state index is 0.0670. The minimum Gasteiger partial charge on any atom is -0.453 e. The molecule has 1 aromatic rings. The van der Waals surface area contributed by atoms with Gasteiger partial charge in [-0.3, -0.25) is 4.90 Å². The van der Waals surface area contributed by atoms with E-state index < -0.39 is 36.1 Å². The number of ether oxygens (including phenoxy) is 1. The molecule has 11 heteroatoms. The number of carbonyl (C=O) groups excluding carboxylic acids is 1. The van der Waals surface area contributed by atoms with Gasteiger partial charge in [-0.2, -0.15) is 26.3 Å². The fourth-order valence-electron chi connectivity index (χ4n) is 4.65. The van der Waals surface area contributed by atoms with Crippen LogP contribution in [0.4, 0.5) is 31.1 Å². The summed E-state index contributed by atoms with van der Waals surface area (Å²) in [6.07, 6.45) is -2.98. The molecule has 0 spiro atoms. The van der Waals surface area contributed by atoms with E-state index in [1.165, 1.54) is 0 Å². The van der Waals surface area contributed by atoms with Crippen molar-refractivity contribution in [3.05, 3.63) is 58.3 Å². The summed E-state index contributed by atoms with van der Waals surface area (Å²) in [7, 11) is 1.11. The van der Waals surface area contributed by atoms with E-state index in [2.05, 4.69) is 9.89 Å². The van der Waals surface area contributed by atoms with Crippen LogP contribution in [0.15, 0.2) is 46.6 Å². The third-order valence-corrected chi connectivity index (χ3v) is 6.66. The zero-order valence-corrected chi connectivity index (χ0v) is 23.0. The number of hydrogen-bond acceptors (Lipinski definition) is 3. The summed E-state index contributed by atoms with van der Waals surface area (Å²) < 4.78 is 85.4. The van der Waals surface area contributed by atoms with Crippen LogP contribution in [-0.2, 0) is 23.6 Å². The van der Waals surface area contributed by atoms with Crippen LogP contribution >= 0.6 is 0 Å². The fourth-order valence-corrected chi connectivity index (χ4v) is 4.65. The van der Waals surface area contributed by atoms with Gasteiger partial charge in [0.15, 0.2) is 0 Å². The molecule has 0 heterocycles. The predicted octanol–water partition coefficient (Wildman–Crippen LogP) is 8.07. The van der Waals surface area contributed by atoms with Crippen molar-refractivity contribution in [3.8, 4) is 0 Å². The van der Waals surface area contributed by atoms with E-state index in [1.54, 1.807) is 12.3 Å². The molecule has 0 aliphatic heterocycles. The molecule has 0 aromatic heterocycles. The topological polar surface area (TPSA) is 45.1 Å². The number of methoxy groups -OCH3 is 1. The first-order chi connectivity index (χ1) is 18.2. The lowest BCUT2D eigenvalue weighted by Gasteiger charge is -2.32. The average Bonchev–Trinajstić information content (AvgIpc) is 3.38. The second-order valence-electron chi connectivity index (χ2n) is 9.84. The van der Waals surface area contributed by atoms with Crippen molar-refractivity contribution in [2.45, 2.75) is 72.3 Å². The number of carbonyl (C=O) groups is 1. The summed E-state index contributed by atoms with van der Waals surface area (Å²) in [5.74, 6) is 1.10. The van der Waals surface area contributed by atoms with E-state index in [-0.39, 0.29) is 18.2 Å². The largest absolute Gasteiger partial charge is 0.453 e. The molecule has 0 saturated heterocycles. The minimum atomic E-state index is -4.99. The second-order valence-corrected chi connectivity index (χ2v) is 9.84. The van der Waals surface area contributed by atoms with Crippen molar-refractivity contribution >= 4 is 11.9 Å². The molecule has 39 heavy (non-hydrogen) atoms. The Labute approximate surface area is 226 Å². The molecule has 0 unspecified atom stereocenters. The van der Waals surface area contributed by atoms with E-state index >= 15 is 0 Å². The third kappa shape index (κ3) is 9.32. The number of alkyl halides is 6. The Morgan fingerprint density at radius 2 is 1.59 bits per heavy atom. The normalized spacial score (nSPS) is 15.1. The Kier molecular flexibility index (Phi) is 11.5. The Morgan fingerprint density at radius 1 is 1.03 bits per heavy atom. The standard InChI is InChI=1S/C28H37F6N3O2/c1-6-12-35-25(36(7-2)16-20-10-8-9-11-20)24(19(3)4)18-37(26(38)39-5)17-21-13-22(27(29,30)31)15-23(14-21)28(32,33)34/h6,12-15,20H,7-11,16-18H2,1-5H3/b12-6-,35-25+. The van der Waals surface area contributed by atoms with Crippen molar-refractivity contribution in [3.63, 3.8) is 0 Å². The number of likely N-dealkylation sites (N-methyl/N-ethyl adjacent to an activating group) is 1. The molecular weight excluding hydrogens is 524 g/mol. The van der Waals surface area contributed by atoms with Gasteiger partial charge < -0.3 is 9.64 Å². The second kappa shape index (κ2) is 13.9. The number of rotatable bonds is 9. The summed E-state index contributed by atoms with van der Waals surface area (Å²) in [6.45, 7) is 8.18. The van der Waals surface area contributed by atoms with Crippen LogP contribution in [0.25, 0.3) is 0 Å². The van der Waals surface area contributed by atoms with Crippen molar-refractivity contribution < 1.29 is 35.9 Å². The maximum atomic E-state index is 13.4. The molecule has 0 radical (unpaired) electrons. The van der Waals surface area contributed by atoms with Crippen LogP contribution in [0, 0.1) is 5.92 Å². The lowest BCUT2D eigenvalue weighted by Crippen LogP contribution is -2.41. The Balaban J connectivity index is 2.52. The maximum Gasteiger partial charge on any atom is 0.416 e. The van der Waals surface area contributed by atoms with Gasteiger partial charge in [0, 0.05) is 31.4 Å². The molecule has 2 rings (SSSR count). The van der Waals surface area contributed by atoms with Gasteiger partial charge in [0.2, 0.25) is 0 Å². The summed E-state index contributed by atoms with van der Waals surface area (Å²) in [5, 5.41) is 0. The lowest BCUT2D eigenvalue weighted by atomic mass is 10.0. The zero-order valence-electron chi connectivity index (χ0n) is 23.0.